The lowest BCUT2D eigenvalue weighted by atomic mass is 10.2. The predicted molar refractivity (Wildman–Crippen MR) is 74.2 cm³/mol. The summed E-state index contributed by atoms with van der Waals surface area (Å²) >= 11 is 0. The van der Waals surface area contributed by atoms with Crippen molar-refractivity contribution in [2.45, 2.75) is 6.54 Å². The summed E-state index contributed by atoms with van der Waals surface area (Å²) in [7, 11) is 2.12. The van der Waals surface area contributed by atoms with E-state index in [1.165, 1.54) is 27.9 Å². The third-order valence-electron chi connectivity index (χ3n) is 4.17. The molecule has 5 nitrogen and oxygen atoms in total. The first-order valence-corrected chi connectivity index (χ1v) is 6.62. The summed E-state index contributed by atoms with van der Waals surface area (Å²) in [4.78, 5) is 8.68. The molecule has 0 radical (unpaired) electrons. The van der Waals surface area contributed by atoms with Crippen LogP contribution in [0.2, 0.25) is 0 Å². The molecule has 5 heteroatoms. The van der Waals surface area contributed by atoms with E-state index in [1.807, 2.05) is 24.8 Å². The van der Waals surface area contributed by atoms with E-state index in [0.29, 0.717) is 0 Å². The number of rotatable bonds is 0. The molecule has 0 amide bonds. The topological polar surface area (TPSA) is 39.0 Å². The van der Waals surface area contributed by atoms with Gasteiger partial charge in [0.25, 0.3) is 5.82 Å². The quantitative estimate of drug-likeness (QED) is 0.397. The third kappa shape index (κ3) is 1.02. The van der Waals surface area contributed by atoms with Crippen LogP contribution in [0.15, 0.2) is 43.1 Å². The van der Waals surface area contributed by atoms with Crippen LogP contribution >= 0.6 is 0 Å². The molecule has 0 unspecified atom stereocenters. The first-order valence-electron chi connectivity index (χ1n) is 6.62. The van der Waals surface area contributed by atoms with E-state index in [4.69, 9.17) is 0 Å². The van der Waals surface area contributed by atoms with Gasteiger partial charge in [0, 0.05) is 12.4 Å². The van der Waals surface area contributed by atoms with Gasteiger partial charge in [-0.2, -0.15) is 0 Å². The third-order valence-corrected chi connectivity index (χ3v) is 4.17. The van der Waals surface area contributed by atoms with Crippen LogP contribution in [0.1, 0.15) is 5.69 Å². The molecular weight excluding hydrogens is 250 g/mol. The van der Waals surface area contributed by atoms with Crippen molar-refractivity contribution in [3.8, 4) is 11.4 Å². The van der Waals surface area contributed by atoms with Crippen molar-refractivity contribution >= 4 is 16.6 Å². The van der Waals surface area contributed by atoms with Crippen LogP contribution in [0.4, 0.5) is 0 Å². The van der Waals surface area contributed by atoms with Gasteiger partial charge in [-0.15, -0.1) is 0 Å². The van der Waals surface area contributed by atoms with Crippen LogP contribution in [-0.4, -0.2) is 18.9 Å². The maximum atomic E-state index is 4.49. The normalized spacial score (nSPS) is 13.1. The largest absolute Gasteiger partial charge is 0.299 e. The molecule has 0 spiro atoms. The standard InChI is InChI=1S/C15H12N5/c1-18-14-12-4-6-16-9-19(12)8-13(14)20-7-11-10(15(18)20)3-2-5-17-11/h2-6,8-9H,7H2,1H3/q+1. The number of pyridine rings is 1. The summed E-state index contributed by atoms with van der Waals surface area (Å²) in [6.07, 6.45) is 7.70. The van der Waals surface area contributed by atoms with Gasteiger partial charge in [-0.1, -0.05) is 0 Å². The number of nitrogens with zero attached hydrogens (tertiary/aromatic N) is 5. The second kappa shape index (κ2) is 3.25. The van der Waals surface area contributed by atoms with Gasteiger partial charge in [-0.3, -0.25) is 9.38 Å². The van der Waals surface area contributed by atoms with Crippen LogP contribution < -0.4 is 4.57 Å². The van der Waals surface area contributed by atoms with Gasteiger partial charge in [0.1, 0.15) is 6.54 Å². The molecule has 0 N–H and O–H groups in total. The molecule has 0 aromatic carbocycles. The molecule has 0 fully saturated rings. The van der Waals surface area contributed by atoms with E-state index in [9.17, 15) is 0 Å². The van der Waals surface area contributed by atoms with Crippen molar-refractivity contribution in [3.05, 3.63) is 48.8 Å². The summed E-state index contributed by atoms with van der Waals surface area (Å²) in [6.45, 7) is 0.840. The Labute approximate surface area is 114 Å². The summed E-state index contributed by atoms with van der Waals surface area (Å²) in [5, 5.41) is 0. The number of aromatic nitrogens is 5. The second-order valence-corrected chi connectivity index (χ2v) is 5.20. The Morgan fingerprint density at radius 2 is 2.15 bits per heavy atom. The number of hydrogen-bond acceptors (Lipinski definition) is 2. The zero-order valence-corrected chi connectivity index (χ0v) is 11.0. The van der Waals surface area contributed by atoms with Gasteiger partial charge in [0.15, 0.2) is 11.0 Å². The summed E-state index contributed by atoms with van der Waals surface area (Å²) in [5.41, 5.74) is 6.04. The Hall–Kier alpha value is -2.69. The fraction of sp³-hybridized carbons (Fsp3) is 0.133. The zero-order chi connectivity index (χ0) is 13.3. The summed E-state index contributed by atoms with van der Waals surface area (Å²) < 4.78 is 6.67. The Morgan fingerprint density at radius 1 is 1.20 bits per heavy atom. The lowest BCUT2D eigenvalue weighted by molar-refractivity contribution is -0.633. The van der Waals surface area contributed by atoms with Crippen LogP contribution in [0.5, 0.6) is 0 Å². The van der Waals surface area contributed by atoms with Crippen LogP contribution in [0, 0.1) is 0 Å². The summed E-state index contributed by atoms with van der Waals surface area (Å²) in [6, 6.07) is 6.21. The molecule has 1 aliphatic heterocycles. The zero-order valence-electron chi connectivity index (χ0n) is 11.0. The predicted octanol–water partition coefficient (Wildman–Crippen LogP) is 1.54. The number of aryl methyl sites for hydroxylation is 1. The van der Waals surface area contributed by atoms with E-state index >= 15 is 0 Å². The Morgan fingerprint density at radius 3 is 3.10 bits per heavy atom. The molecule has 0 bridgehead atoms. The molecule has 1 aliphatic rings. The van der Waals surface area contributed by atoms with Crippen molar-refractivity contribution in [1.29, 1.82) is 0 Å². The first-order chi connectivity index (χ1) is 9.84. The van der Waals surface area contributed by atoms with Crippen LogP contribution in [0.3, 0.4) is 0 Å². The van der Waals surface area contributed by atoms with E-state index in [-0.39, 0.29) is 0 Å². The Kier molecular flexibility index (Phi) is 1.65. The van der Waals surface area contributed by atoms with Crippen molar-refractivity contribution in [3.63, 3.8) is 0 Å². The minimum atomic E-state index is 0.840. The van der Waals surface area contributed by atoms with E-state index < -0.39 is 0 Å². The van der Waals surface area contributed by atoms with Crippen molar-refractivity contribution in [1.82, 2.24) is 18.9 Å². The van der Waals surface area contributed by atoms with Gasteiger partial charge < -0.3 is 0 Å². The molecular formula is C15H12N5+. The Balaban J connectivity index is 1.98. The molecule has 4 aromatic rings. The van der Waals surface area contributed by atoms with Gasteiger partial charge in [0.05, 0.1) is 36.3 Å². The van der Waals surface area contributed by atoms with Crippen molar-refractivity contribution in [2.24, 2.45) is 7.05 Å². The average molecular weight is 262 g/mol. The minimum absolute atomic E-state index is 0.840. The second-order valence-electron chi connectivity index (χ2n) is 5.20. The lowest BCUT2D eigenvalue weighted by Gasteiger charge is -1.95. The van der Waals surface area contributed by atoms with E-state index in [0.717, 1.165) is 12.2 Å². The molecule has 5 heterocycles. The smallest absolute Gasteiger partial charge is 0.292 e. The average Bonchev–Trinajstić information content (AvgIpc) is 3.10. The fourth-order valence-electron chi connectivity index (χ4n) is 3.35. The maximum absolute atomic E-state index is 4.49. The van der Waals surface area contributed by atoms with Crippen LogP contribution in [-0.2, 0) is 13.6 Å². The number of hydrogen-bond donors (Lipinski definition) is 0. The monoisotopic (exact) mass is 262 g/mol. The lowest BCUT2D eigenvalue weighted by Crippen LogP contribution is -2.29. The van der Waals surface area contributed by atoms with E-state index in [1.54, 1.807) is 0 Å². The highest BCUT2D eigenvalue weighted by Crippen LogP contribution is 2.33. The van der Waals surface area contributed by atoms with Gasteiger partial charge in [-0.25, -0.2) is 14.1 Å². The molecule has 5 rings (SSSR count). The van der Waals surface area contributed by atoms with Crippen LogP contribution in [0.25, 0.3) is 27.9 Å². The molecule has 0 saturated heterocycles. The van der Waals surface area contributed by atoms with E-state index in [2.05, 4.69) is 48.9 Å². The first kappa shape index (κ1) is 10.1. The van der Waals surface area contributed by atoms with Crippen molar-refractivity contribution in [2.75, 3.05) is 0 Å². The number of fused-ring (bicyclic) bond motifs is 7. The minimum Gasteiger partial charge on any atom is -0.299 e. The van der Waals surface area contributed by atoms with Gasteiger partial charge in [0.2, 0.25) is 0 Å². The highest BCUT2D eigenvalue weighted by atomic mass is 15.2. The molecule has 0 aliphatic carbocycles. The number of imidazole rings is 1. The molecule has 0 atom stereocenters. The molecule has 20 heavy (non-hydrogen) atoms. The molecule has 0 saturated carbocycles. The highest BCUT2D eigenvalue weighted by Gasteiger charge is 2.34. The highest BCUT2D eigenvalue weighted by molar-refractivity contribution is 5.91. The maximum Gasteiger partial charge on any atom is 0.292 e. The Bertz CT molecular complexity index is 992. The summed E-state index contributed by atoms with van der Waals surface area (Å²) in [5.74, 6) is 1.23. The van der Waals surface area contributed by atoms with Gasteiger partial charge >= 0.3 is 0 Å². The van der Waals surface area contributed by atoms with Gasteiger partial charge in [-0.05, 0) is 18.2 Å². The fourth-order valence-corrected chi connectivity index (χ4v) is 3.35. The molecule has 96 valence electrons. The van der Waals surface area contributed by atoms with Crippen molar-refractivity contribution < 1.29 is 4.57 Å². The SMILES string of the molecule is C[n+]1c2n(c3cn4cnccc4c31)Cc1ncccc1-2. The molecule has 4 aromatic heterocycles.